The van der Waals surface area contributed by atoms with E-state index in [2.05, 4.69) is 10.3 Å². The number of aromatic nitrogens is 1. The first-order chi connectivity index (χ1) is 11.7. The van der Waals surface area contributed by atoms with Gasteiger partial charge in [0.05, 0.1) is 12.0 Å². The number of carbonyl (C=O) groups is 1. The molecule has 4 nitrogen and oxygen atoms in total. The molecule has 0 unspecified atom stereocenters. The van der Waals surface area contributed by atoms with Crippen LogP contribution in [-0.2, 0) is 17.6 Å². The zero-order chi connectivity index (χ0) is 16.8. The highest BCUT2D eigenvalue weighted by Crippen LogP contribution is 2.25. The number of rotatable bonds is 7. The Bertz CT molecular complexity index is 782. The molecule has 24 heavy (non-hydrogen) atoms. The monoisotopic (exact) mass is 360 g/mol. The van der Waals surface area contributed by atoms with Crippen LogP contribution >= 0.6 is 22.9 Å². The smallest absolute Gasteiger partial charge is 0.220 e. The molecule has 0 fully saturated rings. The highest BCUT2D eigenvalue weighted by atomic mass is 35.5. The maximum absolute atomic E-state index is 11.8. The van der Waals surface area contributed by atoms with Crippen molar-refractivity contribution in [3.8, 4) is 10.6 Å². The highest BCUT2D eigenvalue weighted by molar-refractivity contribution is 7.13. The summed E-state index contributed by atoms with van der Waals surface area (Å²) in [6.07, 6.45) is 3.39. The number of thiazole rings is 1. The summed E-state index contributed by atoms with van der Waals surface area (Å²) in [6, 6.07) is 11.3. The topological polar surface area (TPSA) is 55.1 Å². The van der Waals surface area contributed by atoms with Crippen LogP contribution in [0, 0.1) is 0 Å². The molecule has 0 aliphatic carbocycles. The molecule has 2 aromatic heterocycles. The van der Waals surface area contributed by atoms with E-state index in [1.54, 1.807) is 17.6 Å². The minimum Gasteiger partial charge on any atom is -0.469 e. The van der Waals surface area contributed by atoms with E-state index in [1.807, 2.05) is 41.8 Å². The first kappa shape index (κ1) is 16.7. The van der Waals surface area contributed by atoms with Gasteiger partial charge in [0, 0.05) is 41.8 Å². The fourth-order valence-electron chi connectivity index (χ4n) is 2.26. The number of amides is 1. The van der Waals surface area contributed by atoms with Crippen LogP contribution < -0.4 is 5.32 Å². The standard InChI is InChI=1S/C18H17ClN2O2S/c19-14-5-3-13(4-6-14)18-21-15(12-24-18)9-10-20-17(22)8-7-16-2-1-11-23-16/h1-6,11-12H,7-10H2,(H,20,22). The normalized spacial score (nSPS) is 10.7. The number of aryl methyl sites for hydroxylation is 1. The lowest BCUT2D eigenvalue weighted by atomic mass is 10.2. The van der Waals surface area contributed by atoms with Crippen LogP contribution in [0.25, 0.3) is 10.6 Å². The fourth-order valence-corrected chi connectivity index (χ4v) is 3.24. The maximum Gasteiger partial charge on any atom is 0.220 e. The Morgan fingerprint density at radius 1 is 1.21 bits per heavy atom. The van der Waals surface area contributed by atoms with E-state index in [0.717, 1.165) is 28.4 Å². The van der Waals surface area contributed by atoms with Crippen LogP contribution in [0.3, 0.4) is 0 Å². The molecule has 124 valence electrons. The molecule has 1 amide bonds. The third-order valence-corrected chi connectivity index (χ3v) is 4.72. The molecule has 0 spiro atoms. The molecule has 3 aromatic rings. The molecule has 0 aliphatic rings. The van der Waals surface area contributed by atoms with Crippen LogP contribution in [0.15, 0.2) is 52.5 Å². The number of hydrogen-bond acceptors (Lipinski definition) is 4. The summed E-state index contributed by atoms with van der Waals surface area (Å²) in [5.74, 6) is 0.858. The van der Waals surface area contributed by atoms with E-state index in [9.17, 15) is 4.79 Å². The number of nitrogens with zero attached hydrogens (tertiary/aromatic N) is 1. The Hall–Kier alpha value is -2.11. The van der Waals surface area contributed by atoms with E-state index < -0.39 is 0 Å². The maximum atomic E-state index is 11.8. The summed E-state index contributed by atoms with van der Waals surface area (Å²) in [5, 5.41) is 6.62. The van der Waals surface area contributed by atoms with E-state index in [0.29, 0.717) is 24.4 Å². The summed E-state index contributed by atoms with van der Waals surface area (Å²) in [6.45, 7) is 0.584. The summed E-state index contributed by atoms with van der Waals surface area (Å²) in [5.41, 5.74) is 2.04. The Labute approximate surface area is 149 Å². The Morgan fingerprint density at radius 3 is 2.79 bits per heavy atom. The van der Waals surface area contributed by atoms with Crippen molar-refractivity contribution < 1.29 is 9.21 Å². The Balaban J connectivity index is 1.43. The van der Waals surface area contributed by atoms with Gasteiger partial charge in [-0.2, -0.15) is 0 Å². The third kappa shape index (κ3) is 4.69. The second-order valence-corrected chi connectivity index (χ2v) is 6.62. The second-order valence-electron chi connectivity index (χ2n) is 5.33. The molecule has 0 bridgehead atoms. The van der Waals surface area contributed by atoms with Crippen LogP contribution in [0.4, 0.5) is 0 Å². The van der Waals surface area contributed by atoms with Gasteiger partial charge in [-0.05, 0) is 24.3 Å². The summed E-state index contributed by atoms with van der Waals surface area (Å²) >= 11 is 7.49. The first-order valence-electron chi connectivity index (χ1n) is 7.70. The molecular weight excluding hydrogens is 344 g/mol. The van der Waals surface area contributed by atoms with Crippen molar-refractivity contribution in [2.24, 2.45) is 0 Å². The minimum absolute atomic E-state index is 0.0274. The van der Waals surface area contributed by atoms with Gasteiger partial charge in [0.15, 0.2) is 0 Å². The molecule has 0 saturated carbocycles. The summed E-state index contributed by atoms with van der Waals surface area (Å²) in [7, 11) is 0. The van der Waals surface area contributed by atoms with Crippen molar-refractivity contribution in [2.75, 3.05) is 6.54 Å². The van der Waals surface area contributed by atoms with Gasteiger partial charge in [0.1, 0.15) is 10.8 Å². The summed E-state index contributed by atoms with van der Waals surface area (Å²) in [4.78, 5) is 16.4. The minimum atomic E-state index is 0.0274. The van der Waals surface area contributed by atoms with E-state index in [4.69, 9.17) is 16.0 Å². The average Bonchev–Trinajstić information content (AvgIpc) is 3.25. The molecule has 1 N–H and O–H groups in total. The molecule has 0 aliphatic heterocycles. The van der Waals surface area contributed by atoms with Gasteiger partial charge in [-0.25, -0.2) is 4.98 Å². The third-order valence-electron chi connectivity index (χ3n) is 3.52. The Morgan fingerprint density at radius 2 is 2.04 bits per heavy atom. The lowest BCUT2D eigenvalue weighted by Gasteiger charge is -2.03. The predicted octanol–water partition coefficient (Wildman–Crippen LogP) is 4.35. The van der Waals surface area contributed by atoms with Crippen LogP contribution in [0.1, 0.15) is 17.9 Å². The van der Waals surface area contributed by atoms with Gasteiger partial charge in [-0.3, -0.25) is 4.79 Å². The van der Waals surface area contributed by atoms with Crippen molar-refractivity contribution in [3.63, 3.8) is 0 Å². The van der Waals surface area contributed by atoms with E-state index in [1.165, 1.54) is 0 Å². The van der Waals surface area contributed by atoms with Crippen molar-refractivity contribution in [3.05, 3.63) is 64.5 Å². The van der Waals surface area contributed by atoms with E-state index >= 15 is 0 Å². The van der Waals surface area contributed by atoms with Gasteiger partial charge in [0.2, 0.25) is 5.91 Å². The molecule has 1 aromatic carbocycles. The molecule has 0 saturated heterocycles. The molecule has 6 heteroatoms. The van der Waals surface area contributed by atoms with Crippen LogP contribution in [-0.4, -0.2) is 17.4 Å². The fraction of sp³-hybridized carbons (Fsp3) is 0.222. The zero-order valence-corrected chi connectivity index (χ0v) is 14.6. The number of benzene rings is 1. The average molecular weight is 361 g/mol. The molecule has 0 atom stereocenters. The van der Waals surface area contributed by atoms with Gasteiger partial charge in [-0.15, -0.1) is 11.3 Å². The second kappa shape index (κ2) is 8.13. The van der Waals surface area contributed by atoms with Crippen molar-refractivity contribution in [1.82, 2.24) is 10.3 Å². The van der Waals surface area contributed by atoms with Crippen molar-refractivity contribution in [2.45, 2.75) is 19.3 Å². The van der Waals surface area contributed by atoms with Gasteiger partial charge in [0.25, 0.3) is 0 Å². The quantitative estimate of drug-likeness (QED) is 0.681. The predicted molar refractivity (Wildman–Crippen MR) is 96.3 cm³/mol. The number of hydrogen-bond donors (Lipinski definition) is 1. The SMILES string of the molecule is O=C(CCc1ccco1)NCCc1csc(-c2ccc(Cl)cc2)n1. The largest absolute Gasteiger partial charge is 0.469 e. The van der Waals surface area contributed by atoms with Crippen LogP contribution in [0.2, 0.25) is 5.02 Å². The molecular formula is C18H17ClN2O2S. The van der Waals surface area contributed by atoms with Crippen molar-refractivity contribution >= 4 is 28.8 Å². The van der Waals surface area contributed by atoms with Gasteiger partial charge in [-0.1, -0.05) is 23.7 Å². The van der Waals surface area contributed by atoms with Gasteiger partial charge >= 0.3 is 0 Å². The Kier molecular flexibility index (Phi) is 5.67. The lowest BCUT2D eigenvalue weighted by Crippen LogP contribution is -2.25. The van der Waals surface area contributed by atoms with Gasteiger partial charge < -0.3 is 9.73 Å². The number of halogens is 1. The molecule has 3 rings (SSSR count). The number of furan rings is 1. The van der Waals surface area contributed by atoms with E-state index in [-0.39, 0.29) is 5.91 Å². The zero-order valence-electron chi connectivity index (χ0n) is 13.0. The number of nitrogens with one attached hydrogen (secondary N) is 1. The molecule has 0 radical (unpaired) electrons. The molecule has 2 heterocycles. The van der Waals surface area contributed by atoms with Crippen molar-refractivity contribution in [1.29, 1.82) is 0 Å². The highest BCUT2D eigenvalue weighted by Gasteiger charge is 2.07. The lowest BCUT2D eigenvalue weighted by molar-refractivity contribution is -0.121. The van der Waals surface area contributed by atoms with Crippen LogP contribution in [0.5, 0.6) is 0 Å². The summed E-state index contributed by atoms with van der Waals surface area (Å²) < 4.78 is 5.21. The first-order valence-corrected chi connectivity index (χ1v) is 8.96. The number of carbonyl (C=O) groups excluding carboxylic acids is 1.